The van der Waals surface area contributed by atoms with E-state index in [0.717, 1.165) is 34.5 Å². The second-order valence-electron chi connectivity index (χ2n) is 6.93. The molecule has 1 N–H and O–H groups in total. The number of carbonyl (C=O) groups is 1. The van der Waals surface area contributed by atoms with E-state index in [1.54, 1.807) is 12.3 Å². The van der Waals surface area contributed by atoms with Crippen LogP contribution in [-0.2, 0) is 13.1 Å². The molecule has 1 aromatic heterocycles. The van der Waals surface area contributed by atoms with E-state index in [1.165, 1.54) is 0 Å². The predicted molar refractivity (Wildman–Crippen MR) is 115 cm³/mol. The molecule has 2 aromatic carbocycles. The number of allylic oxidation sites excluding steroid dienone is 1. The number of ketones is 1. The fraction of sp³-hybridized carbons (Fsp3) is 0.167. The summed E-state index contributed by atoms with van der Waals surface area (Å²) in [5.74, 6) is 0.0196. The van der Waals surface area contributed by atoms with Crippen LogP contribution < -0.4 is 5.32 Å². The van der Waals surface area contributed by atoms with E-state index in [4.69, 9.17) is 0 Å². The van der Waals surface area contributed by atoms with Crippen LogP contribution in [0, 0.1) is 0 Å². The van der Waals surface area contributed by atoms with Gasteiger partial charge in [0.2, 0.25) is 0 Å². The first kappa shape index (κ1) is 19.5. The van der Waals surface area contributed by atoms with E-state index in [1.807, 2.05) is 87.0 Å². The summed E-state index contributed by atoms with van der Waals surface area (Å²) in [6.45, 7) is 1.45. The van der Waals surface area contributed by atoms with Crippen LogP contribution in [0.15, 0.2) is 79.1 Å². The minimum atomic E-state index is 0.0196. The summed E-state index contributed by atoms with van der Waals surface area (Å²) in [6.07, 6.45) is 7.13. The molecule has 4 nitrogen and oxygen atoms in total. The van der Waals surface area contributed by atoms with Crippen molar-refractivity contribution in [3.8, 4) is 0 Å². The summed E-state index contributed by atoms with van der Waals surface area (Å²) in [5.41, 5.74) is 4.89. The Balaban J connectivity index is 1.68. The lowest BCUT2D eigenvalue weighted by Gasteiger charge is -2.12. The second-order valence-corrected chi connectivity index (χ2v) is 6.93. The van der Waals surface area contributed by atoms with Gasteiger partial charge in [-0.2, -0.15) is 0 Å². The molecule has 0 aliphatic heterocycles. The van der Waals surface area contributed by atoms with Gasteiger partial charge in [-0.05, 0) is 55.1 Å². The average molecular weight is 371 g/mol. The summed E-state index contributed by atoms with van der Waals surface area (Å²) < 4.78 is 0. The van der Waals surface area contributed by atoms with Crippen LogP contribution in [0.3, 0.4) is 0 Å². The van der Waals surface area contributed by atoms with E-state index in [2.05, 4.69) is 15.2 Å². The number of carbonyl (C=O) groups excluding carboxylic acids is 1. The van der Waals surface area contributed by atoms with Crippen molar-refractivity contribution in [2.24, 2.45) is 0 Å². The number of aromatic nitrogens is 1. The fourth-order valence-electron chi connectivity index (χ4n) is 2.96. The largest absolute Gasteiger partial charge is 0.381 e. The van der Waals surface area contributed by atoms with Gasteiger partial charge >= 0.3 is 0 Å². The van der Waals surface area contributed by atoms with Gasteiger partial charge in [-0.3, -0.25) is 9.78 Å². The SMILES string of the molecule is CN(C)Cc1ccccc1C(=O)C=Cc1cccc(NCc2cccnc2)c1. The molecule has 0 aliphatic carbocycles. The molecule has 0 unspecified atom stereocenters. The van der Waals surface area contributed by atoms with Gasteiger partial charge in [-0.25, -0.2) is 0 Å². The molecule has 3 aromatic rings. The Kier molecular flexibility index (Phi) is 6.71. The zero-order chi connectivity index (χ0) is 19.8. The third-order valence-electron chi connectivity index (χ3n) is 4.30. The standard InChI is InChI=1S/C24H25N3O/c1-27(2)18-21-9-3-4-11-23(21)24(28)13-12-19-7-5-10-22(15-19)26-17-20-8-6-14-25-16-20/h3-16,26H,17-18H2,1-2H3. The molecule has 0 radical (unpaired) electrons. The van der Waals surface area contributed by atoms with Gasteiger partial charge in [0.15, 0.2) is 5.78 Å². The molecule has 3 rings (SSSR count). The highest BCUT2D eigenvalue weighted by Crippen LogP contribution is 2.16. The van der Waals surface area contributed by atoms with Gasteiger partial charge in [0.05, 0.1) is 0 Å². The minimum Gasteiger partial charge on any atom is -0.381 e. The first-order valence-electron chi connectivity index (χ1n) is 9.30. The van der Waals surface area contributed by atoms with Crippen LogP contribution in [0.25, 0.3) is 6.08 Å². The van der Waals surface area contributed by atoms with Crippen molar-refractivity contribution in [1.29, 1.82) is 0 Å². The van der Waals surface area contributed by atoms with Crippen LogP contribution in [-0.4, -0.2) is 29.8 Å². The Hall–Kier alpha value is -3.24. The van der Waals surface area contributed by atoms with Crippen molar-refractivity contribution in [1.82, 2.24) is 9.88 Å². The number of hydrogen-bond donors (Lipinski definition) is 1. The molecule has 4 heteroatoms. The molecule has 0 atom stereocenters. The van der Waals surface area contributed by atoms with Crippen molar-refractivity contribution in [3.05, 3.63) is 101 Å². The minimum absolute atomic E-state index is 0.0196. The Labute approximate surface area is 166 Å². The number of nitrogens with one attached hydrogen (secondary N) is 1. The van der Waals surface area contributed by atoms with E-state index in [9.17, 15) is 4.79 Å². The third-order valence-corrected chi connectivity index (χ3v) is 4.30. The maximum Gasteiger partial charge on any atom is 0.186 e. The van der Waals surface area contributed by atoms with Crippen molar-refractivity contribution in [2.45, 2.75) is 13.1 Å². The first-order valence-corrected chi connectivity index (χ1v) is 9.30. The monoisotopic (exact) mass is 371 g/mol. The summed E-state index contributed by atoms with van der Waals surface area (Å²) >= 11 is 0. The highest BCUT2D eigenvalue weighted by atomic mass is 16.1. The number of pyridine rings is 1. The van der Waals surface area contributed by atoms with Crippen molar-refractivity contribution < 1.29 is 4.79 Å². The second kappa shape index (κ2) is 9.62. The maximum absolute atomic E-state index is 12.7. The average Bonchev–Trinajstić information content (AvgIpc) is 2.71. The highest BCUT2D eigenvalue weighted by Gasteiger charge is 2.08. The summed E-state index contributed by atoms with van der Waals surface area (Å²) in [4.78, 5) is 18.9. The predicted octanol–water partition coefficient (Wildman–Crippen LogP) is 4.65. The molecule has 1 heterocycles. The number of benzene rings is 2. The number of anilines is 1. The van der Waals surface area contributed by atoms with E-state index in [-0.39, 0.29) is 5.78 Å². The van der Waals surface area contributed by atoms with Gasteiger partial charge in [-0.1, -0.05) is 48.5 Å². The van der Waals surface area contributed by atoms with Gasteiger partial charge in [0.1, 0.15) is 0 Å². The lowest BCUT2D eigenvalue weighted by molar-refractivity contribution is 0.104. The normalized spacial score (nSPS) is 11.1. The molecule has 0 saturated carbocycles. The lowest BCUT2D eigenvalue weighted by Crippen LogP contribution is -2.13. The highest BCUT2D eigenvalue weighted by molar-refractivity contribution is 6.07. The Morgan fingerprint density at radius 2 is 1.93 bits per heavy atom. The van der Waals surface area contributed by atoms with Crippen LogP contribution in [0.1, 0.15) is 27.0 Å². The number of nitrogens with zero attached hydrogens (tertiary/aromatic N) is 2. The van der Waals surface area contributed by atoms with Gasteiger partial charge in [-0.15, -0.1) is 0 Å². The smallest absolute Gasteiger partial charge is 0.186 e. The molecule has 0 fully saturated rings. The van der Waals surface area contributed by atoms with Crippen LogP contribution in [0.2, 0.25) is 0 Å². The third kappa shape index (κ3) is 5.63. The fourth-order valence-corrected chi connectivity index (χ4v) is 2.96. The Morgan fingerprint density at radius 3 is 2.71 bits per heavy atom. The summed E-state index contributed by atoms with van der Waals surface area (Å²) in [7, 11) is 4.00. The number of rotatable bonds is 8. The molecule has 142 valence electrons. The van der Waals surface area contributed by atoms with E-state index < -0.39 is 0 Å². The first-order chi connectivity index (χ1) is 13.6. The summed E-state index contributed by atoms with van der Waals surface area (Å²) in [5, 5.41) is 3.39. The van der Waals surface area contributed by atoms with Crippen molar-refractivity contribution >= 4 is 17.5 Å². The van der Waals surface area contributed by atoms with Crippen molar-refractivity contribution in [3.63, 3.8) is 0 Å². The molecule has 28 heavy (non-hydrogen) atoms. The van der Waals surface area contributed by atoms with E-state index >= 15 is 0 Å². The van der Waals surface area contributed by atoms with Crippen LogP contribution >= 0.6 is 0 Å². The number of hydrogen-bond acceptors (Lipinski definition) is 4. The van der Waals surface area contributed by atoms with Gasteiger partial charge in [0.25, 0.3) is 0 Å². The maximum atomic E-state index is 12.7. The molecule has 0 aliphatic rings. The Bertz CT molecular complexity index is 949. The molecular weight excluding hydrogens is 346 g/mol. The van der Waals surface area contributed by atoms with Gasteiger partial charge in [0, 0.05) is 36.7 Å². The summed E-state index contributed by atoms with van der Waals surface area (Å²) in [6, 6.07) is 19.7. The van der Waals surface area contributed by atoms with Gasteiger partial charge < -0.3 is 10.2 Å². The zero-order valence-corrected chi connectivity index (χ0v) is 16.3. The van der Waals surface area contributed by atoms with Crippen LogP contribution in [0.4, 0.5) is 5.69 Å². The zero-order valence-electron chi connectivity index (χ0n) is 16.3. The van der Waals surface area contributed by atoms with E-state index in [0.29, 0.717) is 6.54 Å². The molecular formula is C24H25N3O. The quantitative estimate of drug-likeness (QED) is 0.462. The molecule has 0 amide bonds. The van der Waals surface area contributed by atoms with Crippen molar-refractivity contribution in [2.75, 3.05) is 19.4 Å². The molecule has 0 saturated heterocycles. The lowest BCUT2D eigenvalue weighted by atomic mass is 10.0. The van der Waals surface area contributed by atoms with Crippen LogP contribution in [0.5, 0.6) is 0 Å². The topological polar surface area (TPSA) is 45.2 Å². The molecule has 0 bridgehead atoms. The Morgan fingerprint density at radius 1 is 1.07 bits per heavy atom. The molecule has 0 spiro atoms.